The lowest BCUT2D eigenvalue weighted by atomic mass is 10.1. The van der Waals surface area contributed by atoms with Gasteiger partial charge in [-0.15, -0.1) is 11.3 Å². The fourth-order valence-electron chi connectivity index (χ4n) is 3.38. The maximum absolute atomic E-state index is 10.9. The highest BCUT2D eigenvalue weighted by Gasteiger charge is 2.16. The van der Waals surface area contributed by atoms with Crippen LogP contribution >= 0.6 is 11.3 Å². The maximum atomic E-state index is 10.9. The molecule has 4 rings (SSSR count). The third-order valence-corrected chi connectivity index (χ3v) is 5.95. The molecule has 0 spiro atoms. The predicted molar refractivity (Wildman–Crippen MR) is 131 cm³/mol. The molecule has 0 aliphatic heterocycles. The molecule has 35 heavy (non-hydrogen) atoms. The highest BCUT2D eigenvalue weighted by atomic mass is 32.1. The molecule has 2 heterocycles. The molecule has 0 N–H and O–H groups in total. The highest BCUT2D eigenvalue weighted by molar-refractivity contribution is 7.11. The molecule has 0 unspecified atom stereocenters. The van der Waals surface area contributed by atoms with Crippen LogP contribution in [-0.4, -0.2) is 31.2 Å². The van der Waals surface area contributed by atoms with E-state index in [4.69, 9.17) is 18.6 Å². The van der Waals surface area contributed by atoms with Gasteiger partial charge in [-0.2, -0.15) is 5.26 Å². The first kappa shape index (κ1) is 23.5. The topological polar surface area (TPSA) is 121 Å². The van der Waals surface area contributed by atoms with Gasteiger partial charge in [0.05, 0.1) is 31.8 Å². The molecular weight excluding hydrogens is 470 g/mol. The number of hydrogen-bond acceptors (Lipinski definition) is 9. The van der Waals surface area contributed by atoms with Crippen LogP contribution in [0.3, 0.4) is 0 Å². The van der Waals surface area contributed by atoms with Crippen molar-refractivity contribution in [2.75, 3.05) is 21.3 Å². The van der Waals surface area contributed by atoms with Crippen molar-refractivity contribution >= 4 is 28.7 Å². The van der Waals surface area contributed by atoms with Gasteiger partial charge in [0.25, 0.3) is 5.69 Å². The van der Waals surface area contributed by atoms with Crippen LogP contribution in [0.25, 0.3) is 34.4 Å². The predicted octanol–water partition coefficient (Wildman–Crippen LogP) is 6.07. The molecule has 2 aromatic heterocycles. The summed E-state index contributed by atoms with van der Waals surface area (Å²) in [5, 5.41) is 23.0. The monoisotopic (exact) mass is 489 g/mol. The molecule has 0 atom stereocenters. The highest BCUT2D eigenvalue weighted by Crippen LogP contribution is 2.39. The summed E-state index contributed by atoms with van der Waals surface area (Å²) >= 11 is 1.31. The molecule has 4 aromatic rings. The number of thiazole rings is 1. The summed E-state index contributed by atoms with van der Waals surface area (Å²) < 4.78 is 22.0. The number of ether oxygens (including phenoxy) is 3. The van der Waals surface area contributed by atoms with E-state index in [9.17, 15) is 15.4 Å². The van der Waals surface area contributed by atoms with Crippen LogP contribution < -0.4 is 14.2 Å². The lowest BCUT2D eigenvalue weighted by Gasteiger charge is -2.13. The number of nitriles is 1. The molecular formula is C25H19N3O6S. The summed E-state index contributed by atoms with van der Waals surface area (Å²) in [6, 6.07) is 15.3. The zero-order chi connectivity index (χ0) is 24.9. The van der Waals surface area contributed by atoms with Crippen molar-refractivity contribution in [3.05, 3.63) is 74.6 Å². The maximum Gasteiger partial charge on any atom is 0.269 e. The number of non-ortho nitro benzene ring substituents is 1. The van der Waals surface area contributed by atoms with Gasteiger partial charge < -0.3 is 18.6 Å². The Hall–Kier alpha value is -4.62. The second-order valence-corrected chi connectivity index (χ2v) is 7.99. The Balaban J connectivity index is 1.62. The minimum atomic E-state index is -0.452. The van der Waals surface area contributed by atoms with Crippen LogP contribution in [0.2, 0.25) is 0 Å². The summed E-state index contributed by atoms with van der Waals surface area (Å²) in [6.07, 6.45) is 1.69. The van der Waals surface area contributed by atoms with Gasteiger partial charge in [0.15, 0.2) is 17.3 Å². The zero-order valence-electron chi connectivity index (χ0n) is 19.0. The minimum absolute atomic E-state index is 0.00703. The number of rotatable bonds is 8. The van der Waals surface area contributed by atoms with Gasteiger partial charge in [-0.25, -0.2) is 4.98 Å². The Bertz CT molecular complexity index is 1420. The van der Waals surface area contributed by atoms with E-state index in [0.29, 0.717) is 56.2 Å². The fourth-order valence-corrected chi connectivity index (χ4v) is 4.16. The number of furan rings is 1. The molecule has 0 saturated heterocycles. The van der Waals surface area contributed by atoms with Crippen LogP contribution in [0.5, 0.6) is 17.2 Å². The lowest BCUT2D eigenvalue weighted by Crippen LogP contribution is -1.95. The third kappa shape index (κ3) is 4.85. The average Bonchev–Trinajstić information content (AvgIpc) is 3.57. The Morgan fingerprint density at radius 3 is 2.29 bits per heavy atom. The standard InChI is InChI=1S/C25H19N3O6S/c1-31-22-11-15(12-23(32-2)24(22)33-3)10-17(13-26)25-27-19(14-35-25)21-9-8-20(34-21)16-4-6-18(7-5-16)28(29)30/h4-12,14H,1-3H3/b17-10+. The molecule has 0 saturated carbocycles. The van der Waals surface area contributed by atoms with Gasteiger partial charge in [-0.3, -0.25) is 10.1 Å². The molecule has 0 aliphatic carbocycles. The molecule has 9 nitrogen and oxygen atoms in total. The van der Waals surface area contributed by atoms with Gasteiger partial charge in [0.2, 0.25) is 5.75 Å². The Kier molecular flexibility index (Phi) is 6.80. The smallest absolute Gasteiger partial charge is 0.269 e. The second-order valence-electron chi connectivity index (χ2n) is 7.13. The Morgan fingerprint density at radius 2 is 1.71 bits per heavy atom. The number of nitro benzene ring substituents is 1. The molecule has 0 bridgehead atoms. The zero-order valence-corrected chi connectivity index (χ0v) is 19.8. The van der Waals surface area contributed by atoms with Gasteiger partial charge in [0.1, 0.15) is 22.5 Å². The molecule has 0 aliphatic rings. The normalized spacial score (nSPS) is 11.1. The summed E-state index contributed by atoms with van der Waals surface area (Å²) in [5.41, 5.74) is 2.33. The number of hydrogen-bond donors (Lipinski definition) is 0. The van der Waals surface area contributed by atoms with E-state index in [-0.39, 0.29) is 5.69 Å². The molecule has 10 heteroatoms. The van der Waals surface area contributed by atoms with Crippen molar-refractivity contribution in [3.63, 3.8) is 0 Å². The van der Waals surface area contributed by atoms with E-state index in [1.165, 1.54) is 44.8 Å². The number of methoxy groups -OCH3 is 3. The molecule has 176 valence electrons. The fraction of sp³-hybridized carbons (Fsp3) is 0.120. The van der Waals surface area contributed by atoms with E-state index in [1.807, 2.05) is 0 Å². The van der Waals surface area contributed by atoms with Crippen molar-refractivity contribution in [3.8, 4) is 46.1 Å². The lowest BCUT2D eigenvalue weighted by molar-refractivity contribution is -0.384. The number of nitro groups is 1. The van der Waals surface area contributed by atoms with Gasteiger partial charge >= 0.3 is 0 Å². The van der Waals surface area contributed by atoms with Crippen LogP contribution in [-0.2, 0) is 0 Å². The van der Waals surface area contributed by atoms with Crippen molar-refractivity contribution in [2.24, 2.45) is 0 Å². The summed E-state index contributed by atoms with van der Waals surface area (Å²) in [6.45, 7) is 0. The van der Waals surface area contributed by atoms with Crippen LogP contribution in [0.15, 0.2) is 58.3 Å². The quantitative estimate of drug-likeness (QED) is 0.166. The number of allylic oxidation sites excluding steroid dienone is 1. The summed E-state index contributed by atoms with van der Waals surface area (Å²) in [5.74, 6) is 2.49. The number of nitrogens with zero attached hydrogens (tertiary/aromatic N) is 3. The first-order chi connectivity index (χ1) is 17.0. The van der Waals surface area contributed by atoms with Crippen LogP contribution in [0.1, 0.15) is 10.6 Å². The van der Waals surface area contributed by atoms with Crippen LogP contribution in [0, 0.1) is 21.4 Å². The minimum Gasteiger partial charge on any atom is -0.493 e. The molecule has 0 fully saturated rings. The number of benzene rings is 2. The SMILES string of the molecule is COc1cc(/C=C(\C#N)c2nc(-c3ccc(-c4ccc([N+](=O)[O-])cc4)o3)cs2)cc(OC)c1OC. The van der Waals surface area contributed by atoms with Crippen LogP contribution in [0.4, 0.5) is 5.69 Å². The van der Waals surface area contributed by atoms with Crippen molar-refractivity contribution in [1.29, 1.82) is 5.26 Å². The van der Waals surface area contributed by atoms with Gasteiger partial charge in [-0.1, -0.05) is 0 Å². The van der Waals surface area contributed by atoms with Crippen molar-refractivity contribution < 1.29 is 23.6 Å². The van der Waals surface area contributed by atoms with Gasteiger partial charge in [0, 0.05) is 23.1 Å². The first-order valence-corrected chi connectivity index (χ1v) is 11.1. The summed E-state index contributed by atoms with van der Waals surface area (Å²) in [7, 11) is 4.57. The van der Waals surface area contributed by atoms with E-state index >= 15 is 0 Å². The van der Waals surface area contributed by atoms with Gasteiger partial charge in [-0.05, 0) is 48.0 Å². The van der Waals surface area contributed by atoms with E-state index < -0.39 is 4.92 Å². The van der Waals surface area contributed by atoms with E-state index in [0.717, 1.165) is 0 Å². The molecule has 2 aromatic carbocycles. The average molecular weight is 490 g/mol. The van der Waals surface area contributed by atoms with Crippen molar-refractivity contribution in [1.82, 2.24) is 4.98 Å². The second kappa shape index (κ2) is 10.1. The third-order valence-electron chi connectivity index (χ3n) is 5.07. The molecule has 0 amide bonds. The largest absolute Gasteiger partial charge is 0.493 e. The van der Waals surface area contributed by atoms with E-state index in [2.05, 4.69) is 11.1 Å². The Morgan fingerprint density at radius 1 is 1.06 bits per heavy atom. The van der Waals surface area contributed by atoms with Crippen molar-refractivity contribution in [2.45, 2.75) is 0 Å². The Labute approximate surface area is 204 Å². The summed E-state index contributed by atoms with van der Waals surface area (Å²) in [4.78, 5) is 15.0. The number of aromatic nitrogens is 1. The first-order valence-electron chi connectivity index (χ1n) is 10.2. The van der Waals surface area contributed by atoms with E-state index in [1.54, 1.807) is 47.9 Å². The molecule has 0 radical (unpaired) electrons.